The number of nitrogens with zero attached hydrogens (tertiary/aromatic N) is 5. The number of rotatable bonds is 10. The lowest BCUT2D eigenvalue weighted by molar-refractivity contribution is 0.238. The molecule has 3 aromatic rings. The Hall–Kier alpha value is -2.46. The molecule has 0 saturated heterocycles. The van der Waals surface area contributed by atoms with E-state index in [-0.39, 0.29) is 24.0 Å². The first kappa shape index (κ1) is 25.8. The number of halogens is 1. The van der Waals surface area contributed by atoms with E-state index < -0.39 is 0 Å². The number of hydrogen-bond acceptors (Lipinski definition) is 4. The third kappa shape index (κ3) is 8.58. The van der Waals surface area contributed by atoms with E-state index in [0.717, 1.165) is 32.0 Å². The van der Waals surface area contributed by atoms with E-state index >= 15 is 0 Å². The van der Waals surface area contributed by atoms with Crippen molar-refractivity contribution in [1.29, 1.82) is 0 Å². The molecule has 0 amide bonds. The van der Waals surface area contributed by atoms with Gasteiger partial charge in [-0.25, -0.2) is 9.67 Å². The molecule has 0 aliphatic heterocycles. The van der Waals surface area contributed by atoms with E-state index in [0.29, 0.717) is 12.6 Å². The molecule has 0 saturated carbocycles. The molecule has 2 N–H and O–H groups in total. The third-order valence-corrected chi connectivity index (χ3v) is 5.37. The number of aliphatic imine (C=N–C) groups is 1. The van der Waals surface area contributed by atoms with Gasteiger partial charge in [-0.15, -0.1) is 24.0 Å². The molecule has 1 atom stereocenters. The van der Waals surface area contributed by atoms with E-state index in [1.54, 1.807) is 19.7 Å². The molecular formula is C24H34IN7. The van der Waals surface area contributed by atoms with Crippen LogP contribution < -0.4 is 10.6 Å². The quantitative estimate of drug-likeness (QED) is 0.231. The Labute approximate surface area is 208 Å². The van der Waals surface area contributed by atoms with E-state index in [1.165, 1.54) is 16.7 Å². The third-order valence-electron chi connectivity index (χ3n) is 5.37. The molecule has 0 radical (unpaired) electrons. The van der Waals surface area contributed by atoms with Gasteiger partial charge in [0.05, 0.1) is 6.54 Å². The average molecular weight is 547 g/mol. The van der Waals surface area contributed by atoms with E-state index in [1.807, 2.05) is 4.68 Å². The molecule has 8 heteroatoms. The minimum atomic E-state index is 0. The van der Waals surface area contributed by atoms with Crippen molar-refractivity contribution in [1.82, 2.24) is 30.3 Å². The molecule has 1 heterocycles. The van der Waals surface area contributed by atoms with Gasteiger partial charge in [-0.05, 0) is 37.1 Å². The highest BCUT2D eigenvalue weighted by molar-refractivity contribution is 14.0. The fourth-order valence-electron chi connectivity index (χ4n) is 3.39. The second-order valence-electron chi connectivity index (χ2n) is 7.80. The van der Waals surface area contributed by atoms with Crippen LogP contribution in [0.25, 0.3) is 0 Å². The van der Waals surface area contributed by atoms with Crippen LogP contribution in [0.2, 0.25) is 0 Å². The second kappa shape index (κ2) is 13.8. The molecule has 3 rings (SSSR count). The standard InChI is InChI=1S/C24H33N7.HI/c1-20(30(3)16-21-8-5-4-6-9-21)12-13-27-24(25-2)28-15-22-10-7-11-23(14-22)17-31-19-26-18-29-31;/h4-11,14,18-20H,12-13,15-17H2,1-3H3,(H2,25,27,28);1H. The van der Waals surface area contributed by atoms with Crippen molar-refractivity contribution < 1.29 is 0 Å². The molecule has 2 aromatic carbocycles. The highest BCUT2D eigenvalue weighted by atomic mass is 127. The van der Waals surface area contributed by atoms with Gasteiger partial charge >= 0.3 is 0 Å². The molecule has 32 heavy (non-hydrogen) atoms. The van der Waals surface area contributed by atoms with Gasteiger partial charge < -0.3 is 10.6 Å². The van der Waals surface area contributed by atoms with E-state index in [9.17, 15) is 0 Å². The van der Waals surface area contributed by atoms with Gasteiger partial charge in [-0.3, -0.25) is 9.89 Å². The van der Waals surface area contributed by atoms with Crippen molar-refractivity contribution in [2.45, 2.75) is 39.0 Å². The zero-order valence-corrected chi connectivity index (χ0v) is 21.4. The summed E-state index contributed by atoms with van der Waals surface area (Å²) in [6.07, 6.45) is 4.33. The smallest absolute Gasteiger partial charge is 0.191 e. The second-order valence-corrected chi connectivity index (χ2v) is 7.80. The molecule has 0 spiro atoms. The highest BCUT2D eigenvalue weighted by Gasteiger charge is 2.10. The first-order chi connectivity index (χ1) is 15.1. The van der Waals surface area contributed by atoms with Crippen molar-refractivity contribution in [2.75, 3.05) is 20.6 Å². The highest BCUT2D eigenvalue weighted by Crippen LogP contribution is 2.08. The number of benzene rings is 2. The summed E-state index contributed by atoms with van der Waals surface area (Å²) >= 11 is 0. The van der Waals surface area contributed by atoms with E-state index in [4.69, 9.17) is 0 Å². The van der Waals surface area contributed by atoms with Crippen LogP contribution in [0.5, 0.6) is 0 Å². The maximum absolute atomic E-state index is 4.35. The summed E-state index contributed by atoms with van der Waals surface area (Å²) in [5.74, 6) is 0.819. The average Bonchev–Trinajstić information content (AvgIpc) is 3.30. The Morgan fingerprint density at radius 2 is 1.81 bits per heavy atom. The van der Waals surface area contributed by atoms with Crippen molar-refractivity contribution in [3.05, 3.63) is 83.9 Å². The topological polar surface area (TPSA) is 70.4 Å². The molecule has 0 bridgehead atoms. The van der Waals surface area contributed by atoms with Gasteiger partial charge in [0.1, 0.15) is 12.7 Å². The molecule has 172 valence electrons. The Morgan fingerprint density at radius 1 is 1.06 bits per heavy atom. The summed E-state index contributed by atoms with van der Waals surface area (Å²) in [5.41, 5.74) is 3.74. The number of guanidine groups is 1. The number of hydrogen-bond donors (Lipinski definition) is 2. The lowest BCUT2D eigenvalue weighted by Gasteiger charge is -2.25. The Balaban J connectivity index is 0.00000363. The van der Waals surface area contributed by atoms with Crippen LogP contribution in [-0.4, -0.2) is 52.3 Å². The van der Waals surface area contributed by atoms with Crippen molar-refractivity contribution >= 4 is 29.9 Å². The summed E-state index contributed by atoms with van der Waals surface area (Å²) in [7, 11) is 3.98. The van der Waals surface area contributed by atoms with Crippen molar-refractivity contribution in [2.24, 2.45) is 4.99 Å². The number of aromatic nitrogens is 3. The lowest BCUT2D eigenvalue weighted by atomic mass is 10.1. The summed E-state index contributed by atoms with van der Waals surface area (Å²) in [5, 5.41) is 11.0. The normalized spacial score (nSPS) is 12.3. The summed E-state index contributed by atoms with van der Waals surface area (Å²) in [6.45, 7) is 5.52. The zero-order valence-electron chi connectivity index (χ0n) is 19.1. The van der Waals surface area contributed by atoms with Crippen LogP contribution in [0, 0.1) is 0 Å². The fraction of sp³-hybridized carbons (Fsp3) is 0.375. The molecule has 1 unspecified atom stereocenters. The maximum atomic E-state index is 4.35. The minimum Gasteiger partial charge on any atom is -0.356 e. The molecule has 1 aromatic heterocycles. The lowest BCUT2D eigenvalue weighted by Crippen LogP contribution is -2.39. The minimum absolute atomic E-state index is 0. The Morgan fingerprint density at radius 3 is 2.53 bits per heavy atom. The van der Waals surface area contributed by atoms with Crippen LogP contribution in [0.3, 0.4) is 0 Å². The van der Waals surface area contributed by atoms with Crippen LogP contribution in [0.4, 0.5) is 0 Å². The van der Waals surface area contributed by atoms with Crippen molar-refractivity contribution in [3.8, 4) is 0 Å². The zero-order chi connectivity index (χ0) is 21.9. The van der Waals surface area contributed by atoms with Gasteiger partial charge in [0, 0.05) is 32.7 Å². The molecule has 0 fully saturated rings. The van der Waals surface area contributed by atoms with Crippen molar-refractivity contribution in [3.63, 3.8) is 0 Å². The molecule has 7 nitrogen and oxygen atoms in total. The van der Waals surface area contributed by atoms with Crippen LogP contribution in [-0.2, 0) is 19.6 Å². The van der Waals surface area contributed by atoms with Gasteiger partial charge in [0.15, 0.2) is 5.96 Å². The Kier molecular flexibility index (Phi) is 11.2. The summed E-state index contributed by atoms with van der Waals surface area (Å²) in [6, 6.07) is 19.5. The molecular weight excluding hydrogens is 513 g/mol. The largest absolute Gasteiger partial charge is 0.356 e. The molecule has 0 aliphatic rings. The van der Waals surface area contributed by atoms with Crippen LogP contribution in [0.1, 0.15) is 30.0 Å². The van der Waals surface area contributed by atoms with Gasteiger partial charge in [-0.1, -0.05) is 54.6 Å². The van der Waals surface area contributed by atoms with Gasteiger partial charge in [0.25, 0.3) is 0 Å². The van der Waals surface area contributed by atoms with Crippen LogP contribution in [0.15, 0.2) is 72.2 Å². The SMILES string of the molecule is CN=C(NCCC(C)N(C)Cc1ccccc1)NCc1cccc(Cn2cncn2)c1.I. The summed E-state index contributed by atoms with van der Waals surface area (Å²) < 4.78 is 1.82. The first-order valence-corrected chi connectivity index (χ1v) is 10.7. The predicted molar refractivity (Wildman–Crippen MR) is 141 cm³/mol. The fourth-order valence-corrected chi connectivity index (χ4v) is 3.39. The van der Waals surface area contributed by atoms with Gasteiger partial charge in [-0.2, -0.15) is 5.10 Å². The Bertz CT molecular complexity index is 929. The molecule has 0 aliphatic carbocycles. The maximum Gasteiger partial charge on any atom is 0.191 e. The predicted octanol–water partition coefficient (Wildman–Crippen LogP) is 3.52. The number of nitrogens with one attached hydrogen (secondary N) is 2. The summed E-state index contributed by atoms with van der Waals surface area (Å²) in [4.78, 5) is 10.7. The van der Waals surface area contributed by atoms with Crippen LogP contribution >= 0.6 is 24.0 Å². The monoisotopic (exact) mass is 547 g/mol. The first-order valence-electron chi connectivity index (χ1n) is 10.7. The van der Waals surface area contributed by atoms with E-state index in [2.05, 4.69) is 99.2 Å². The van der Waals surface area contributed by atoms with Gasteiger partial charge in [0.2, 0.25) is 0 Å².